The van der Waals surface area contributed by atoms with Gasteiger partial charge < -0.3 is 24.8 Å². The number of nitrogens with zero attached hydrogens (tertiary/aromatic N) is 1. The van der Waals surface area contributed by atoms with Gasteiger partial charge in [0, 0.05) is 38.8 Å². The van der Waals surface area contributed by atoms with Gasteiger partial charge in [-0.15, -0.1) is 24.0 Å². The van der Waals surface area contributed by atoms with Crippen molar-refractivity contribution >= 4 is 41.3 Å². The van der Waals surface area contributed by atoms with Gasteiger partial charge in [0.1, 0.15) is 0 Å². The Bertz CT molecular complexity index is 792. The molecule has 8 heteroatoms. The molecular formula is C20H26IN3O3S. The van der Waals surface area contributed by atoms with Gasteiger partial charge in [0.05, 0.1) is 0 Å². The number of halogens is 1. The summed E-state index contributed by atoms with van der Waals surface area (Å²) in [6.45, 7) is 3.38. The first kappa shape index (κ1) is 21.2. The van der Waals surface area contributed by atoms with E-state index in [0.717, 1.165) is 56.6 Å². The molecule has 0 spiro atoms. The third-order valence-corrected chi connectivity index (χ3v) is 6.02. The molecule has 2 aromatic rings. The second kappa shape index (κ2) is 9.80. The fourth-order valence-electron chi connectivity index (χ4n) is 3.61. The van der Waals surface area contributed by atoms with Crippen molar-refractivity contribution in [3.05, 3.63) is 46.2 Å². The molecule has 0 radical (unpaired) electrons. The van der Waals surface area contributed by atoms with Gasteiger partial charge in [-0.1, -0.05) is 6.07 Å². The average Bonchev–Trinajstić information content (AvgIpc) is 3.40. The van der Waals surface area contributed by atoms with Crippen LogP contribution in [0.3, 0.4) is 0 Å². The van der Waals surface area contributed by atoms with Crippen LogP contribution < -0.4 is 20.1 Å². The van der Waals surface area contributed by atoms with Crippen molar-refractivity contribution in [2.24, 2.45) is 4.99 Å². The predicted molar refractivity (Wildman–Crippen MR) is 122 cm³/mol. The van der Waals surface area contributed by atoms with E-state index >= 15 is 0 Å². The van der Waals surface area contributed by atoms with Crippen molar-refractivity contribution in [1.29, 1.82) is 0 Å². The van der Waals surface area contributed by atoms with Crippen LogP contribution in [0.5, 0.6) is 11.5 Å². The second-order valence-corrected chi connectivity index (χ2v) is 7.65. The monoisotopic (exact) mass is 515 g/mol. The highest BCUT2D eigenvalue weighted by molar-refractivity contribution is 14.0. The molecule has 2 aliphatic heterocycles. The van der Waals surface area contributed by atoms with E-state index in [0.29, 0.717) is 6.79 Å². The largest absolute Gasteiger partial charge is 0.454 e. The molecule has 0 unspecified atom stereocenters. The van der Waals surface area contributed by atoms with Gasteiger partial charge in [-0.3, -0.25) is 4.99 Å². The van der Waals surface area contributed by atoms with Crippen molar-refractivity contribution in [3.8, 4) is 11.5 Å². The van der Waals surface area contributed by atoms with Crippen LogP contribution in [-0.2, 0) is 16.7 Å². The summed E-state index contributed by atoms with van der Waals surface area (Å²) in [6, 6.07) is 8.41. The van der Waals surface area contributed by atoms with E-state index in [4.69, 9.17) is 14.2 Å². The second-order valence-electron chi connectivity index (χ2n) is 6.87. The Kier molecular flexibility index (Phi) is 7.42. The zero-order valence-corrected chi connectivity index (χ0v) is 19.0. The zero-order valence-electron chi connectivity index (χ0n) is 15.9. The molecule has 0 amide bonds. The van der Waals surface area contributed by atoms with Crippen LogP contribution in [0.25, 0.3) is 0 Å². The topological polar surface area (TPSA) is 64.1 Å². The van der Waals surface area contributed by atoms with Crippen molar-refractivity contribution in [2.45, 2.75) is 24.8 Å². The van der Waals surface area contributed by atoms with Gasteiger partial charge in [-0.25, -0.2) is 0 Å². The molecule has 152 valence electrons. The minimum Gasteiger partial charge on any atom is -0.454 e. The van der Waals surface area contributed by atoms with Crippen LogP contribution in [0.15, 0.2) is 40.0 Å². The number of thiophene rings is 1. The molecule has 4 rings (SSSR count). The third-order valence-electron chi connectivity index (χ3n) is 5.29. The summed E-state index contributed by atoms with van der Waals surface area (Å²) in [6.07, 6.45) is 1.92. The number of rotatable bonds is 5. The summed E-state index contributed by atoms with van der Waals surface area (Å²) >= 11 is 1.71. The Morgan fingerprint density at radius 1 is 1.14 bits per heavy atom. The van der Waals surface area contributed by atoms with Gasteiger partial charge >= 0.3 is 0 Å². The van der Waals surface area contributed by atoms with E-state index in [9.17, 15) is 0 Å². The van der Waals surface area contributed by atoms with Crippen LogP contribution in [-0.4, -0.2) is 39.6 Å². The lowest BCUT2D eigenvalue weighted by Gasteiger charge is -2.38. The summed E-state index contributed by atoms with van der Waals surface area (Å²) in [7, 11) is 1.81. The van der Waals surface area contributed by atoms with Crippen LogP contribution in [0, 0.1) is 0 Å². The van der Waals surface area contributed by atoms with Gasteiger partial charge in [-0.2, -0.15) is 11.3 Å². The first-order valence-electron chi connectivity index (χ1n) is 9.23. The molecule has 1 saturated heterocycles. The average molecular weight is 515 g/mol. The zero-order chi connectivity index (χ0) is 18.5. The van der Waals surface area contributed by atoms with Gasteiger partial charge in [0.25, 0.3) is 0 Å². The maximum absolute atomic E-state index is 5.64. The Morgan fingerprint density at radius 3 is 2.71 bits per heavy atom. The summed E-state index contributed by atoms with van der Waals surface area (Å²) in [4.78, 5) is 4.38. The van der Waals surface area contributed by atoms with Crippen LogP contribution >= 0.6 is 35.3 Å². The fraction of sp³-hybridized carbons (Fsp3) is 0.450. The van der Waals surface area contributed by atoms with Gasteiger partial charge in [0.15, 0.2) is 17.5 Å². The first-order valence-corrected chi connectivity index (χ1v) is 10.2. The standard InChI is InChI=1S/C20H25N3O3S.HI/c1-21-19(22-11-15-4-9-27-12-15)23-13-20(5-7-24-8-6-20)16-2-3-17-18(10-16)26-14-25-17;/h2-4,9-10,12H,5-8,11,13-14H2,1H3,(H2,21,22,23);1H. The summed E-state index contributed by atoms with van der Waals surface area (Å²) in [5, 5.41) is 11.1. The maximum atomic E-state index is 5.64. The Morgan fingerprint density at radius 2 is 1.96 bits per heavy atom. The van der Waals surface area contributed by atoms with E-state index in [-0.39, 0.29) is 29.4 Å². The molecular weight excluding hydrogens is 489 g/mol. The van der Waals surface area contributed by atoms with E-state index in [2.05, 4.69) is 44.6 Å². The molecule has 2 aliphatic rings. The third kappa shape index (κ3) is 4.72. The molecule has 0 bridgehead atoms. The SMILES string of the molecule is CN=C(NCc1ccsc1)NCC1(c2ccc3c(c2)OCO3)CCOCC1.I. The molecule has 0 aliphatic carbocycles. The highest BCUT2D eigenvalue weighted by Gasteiger charge is 2.35. The maximum Gasteiger partial charge on any atom is 0.231 e. The lowest BCUT2D eigenvalue weighted by molar-refractivity contribution is 0.0513. The highest BCUT2D eigenvalue weighted by Crippen LogP contribution is 2.40. The van der Waals surface area contributed by atoms with Crippen LogP contribution in [0.1, 0.15) is 24.0 Å². The van der Waals surface area contributed by atoms with Crippen molar-refractivity contribution in [1.82, 2.24) is 10.6 Å². The minimum atomic E-state index is -0.0147. The summed E-state index contributed by atoms with van der Waals surface area (Å²) in [5.74, 6) is 2.47. The van der Waals surface area contributed by atoms with Crippen LogP contribution in [0.4, 0.5) is 0 Å². The molecule has 2 N–H and O–H groups in total. The van der Waals surface area contributed by atoms with Crippen molar-refractivity contribution < 1.29 is 14.2 Å². The molecule has 6 nitrogen and oxygen atoms in total. The van der Waals surface area contributed by atoms with Crippen molar-refractivity contribution in [2.75, 3.05) is 33.6 Å². The number of aliphatic imine (C=N–C) groups is 1. The number of fused-ring (bicyclic) bond motifs is 1. The molecule has 1 aromatic carbocycles. The van der Waals surface area contributed by atoms with E-state index in [1.165, 1.54) is 11.1 Å². The van der Waals surface area contributed by atoms with Crippen molar-refractivity contribution in [3.63, 3.8) is 0 Å². The minimum absolute atomic E-state index is 0. The molecule has 3 heterocycles. The predicted octanol–water partition coefficient (Wildman–Crippen LogP) is 3.51. The lowest BCUT2D eigenvalue weighted by Crippen LogP contribution is -2.47. The highest BCUT2D eigenvalue weighted by atomic mass is 127. The normalized spacial score (nSPS) is 17.7. The number of guanidine groups is 1. The summed E-state index contributed by atoms with van der Waals surface area (Å²) < 4.78 is 16.7. The van der Waals surface area contributed by atoms with Gasteiger partial charge in [-0.05, 0) is 52.9 Å². The quantitative estimate of drug-likeness (QED) is 0.363. The molecule has 1 fully saturated rings. The molecule has 1 aromatic heterocycles. The summed E-state index contributed by atoms with van der Waals surface area (Å²) in [5.41, 5.74) is 2.51. The molecule has 0 saturated carbocycles. The van der Waals surface area contributed by atoms with E-state index < -0.39 is 0 Å². The number of benzene rings is 1. The number of hydrogen-bond donors (Lipinski definition) is 2. The Labute approximate surface area is 186 Å². The number of hydrogen-bond acceptors (Lipinski definition) is 5. The fourth-order valence-corrected chi connectivity index (χ4v) is 4.28. The molecule has 28 heavy (non-hydrogen) atoms. The van der Waals surface area contributed by atoms with Gasteiger partial charge in [0.2, 0.25) is 6.79 Å². The first-order chi connectivity index (χ1) is 13.3. The Balaban J connectivity index is 0.00000225. The van der Waals surface area contributed by atoms with E-state index in [1.54, 1.807) is 18.4 Å². The number of ether oxygens (including phenoxy) is 3. The molecule has 0 atom stereocenters. The van der Waals surface area contributed by atoms with E-state index in [1.807, 2.05) is 6.07 Å². The van der Waals surface area contributed by atoms with Crippen LogP contribution in [0.2, 0.25) is 0 Å². The number of nitrogens with one attached hydrogen (secondary N) is 2. The Hall–Kier alpha value is -1.52. The smallest absolute Gasteiger partial charge is 0.231 e. The lowest BCUT2D eigenvalue weighted by atomic mass is 9.74.